The van der Waals surface area contributed by atoms with Crippen LogP contribution in [0.4, 0.5) is 8.78 Å². The second-order valence-electron chi connectivity index (χ2n) is 5.94. The second kappa shape index (κ2) is 10.9. The van der Waals surface area contributed by atoms with Crippen LogP contribution in [0.25, 0.3) is 0 Å². The van der Waals surface area contributed by atoms with E-state index in [-0.39, 0.29) is 30.7 Å². The molecule has 0 saturated carbocycles. The van der Waals surface area contributed by atoms with Crippen molar-refractivity contribution in [2.75, 3.05) is 19.6 Å². The Morgan fingerprint density at radius 2 is 1.84 bits per heavy atom. The molecular formula is C17H27Cl2F2N3O. The zero-order chi connectivity index (χ0) is 16.9. The minimum atomic E-state index is -2.79. The number of hydrogen-bond acceptors (Lipinski definition) is 3. The number of benzene rings is 1. The van der Waals surface area contributed by atoms with Crippen LogP contribution >= 0.6 is 24.8 Å². The highest BCUT2D eigenvalue weighted by Crippen LogP contribution is 2.25. The summed E-state index contributed by atoms with van der Waals surface area (Å²) in [6, 6.07) is 7.11. The largest absolute Gasteiger partial charge is 0.351 e. The van der Waals surface area contributed by atoms with E-state index in [9.17, 15) is 13.6 Å². The van der Waals surface area contributed by atoms with Crippen molar-refractivity contribution < 1.29 is 13.6 Å². The van der Waals surface area contributed by atoms with Crippen LogP contribution in [0.2, 0.25) is 0 Å². The molecule has 25 heavy (non-hydrogen) atoms. The van der Waals surface area contributed by atoms with Gasteiger partial charge in [-0.15, -0.1) is 24.8 Å². The predicted molar refractivity (Wildman–Crippen MR) is 101 cm³/mol. The normalized spacial score (nSPS) is 18.4. The summed E-state index contributed by atoms with van der Waals surface area (Å²) in [6.07, 6.45) is -0.431. The van der Waals surface area contributed by atoms with Gasteiger partial charge in [0.05, 0.1) is 12.6 Å². The molecule has 2 rings (SSSR count). The number of nitrogens with one attached hydrogen (secondary N) is 2. The Balaban J connectivity index is 0.00000288. The Morgan fingerprint density at radius 1 is 1.24 bits per heavy atom. The van der Waals surface area contributed by atoms with Crippen molar-refractivity contribution >= 4 is 30.7 Å². The molecule has 8 heteroatoms. The van der Waals surface area contributed by atoms with Gasteiger partial charge >= 0.3 is 0 Å². The number of alkyl halides is 2. The van der Waals surface area contributed by atoms with Gasteiger partial charge in [-0.25, -0.2) is 8.78 Å². The molecule has 0 aliphatic carbocycles. The summed E-state index contributed by atoms with van der Waals surface area (Å²) in [5, 5.41) is 5.35. The van der Waals surface area contributed by atoms with Crippen LogP contribution in [0.5, 0.6) is 0 Å². The Labute approximate surface area is 160 Å². The molecule has 2 N–H and O–H groups in total. The maximum atomic E-state index is 13.2. The van der Waals surface area contributed by atoms with Gasteiger partial charge in [-0.2, -0.15) is 0 Å². The number of carbonyl (C=O) groups is 1. The Bertz CT molecular complexity index is 542. The van der Waals surface area contributed by atoms with E-state index in [2.05, 4.69) is 29.4 Å². The van der Waals surface area contributed by atoms with Crippen LogP contribution in [0, 0.1) is 0 Å². The van der Waals surface area contributed by atoms with Crippen molar-refractivity contribution in [2.45, 2.75) is 45.3 Å². The number of halogens is 4. The van der Waals surface area contributed by atoms with E-state index in [1.165, 1.54) is 0 Å². The van der Waals surface area contributed by atoms with Gasteiger partial charge in [-0.3, -0.25) is 15.0 Å². The molecule has 1 atom stereocenters. The molecule has 0 bridgehead atoms. The molecule has 1 aliphatic rings. The number of amides is 1. The first-order chi connectivity index (χ1) is 10.9. The molecule has 144 valence electrons. The Hall–Kier alpha value is -0.950. The fourth-order valence-corrected chi connectivity index (χ4v) is 2.78. The molecule has 1 saturated heterocycles. The number of nitrogens with zero attached hydrogens (tertiary/aromatic N) is 1. The minimum Gasteiger partial charge on any atom is -0.351 e. The van der Waals surface area contributed by atoms with Gasteiger partial charge in [0.15, 0.2) is 0 Å². The van der Waals surface area contributed by atoms with Crippen molar-refractivity contribution in [3.63, 3.8) is 0 Å². The molecule has 1 aromatic rings. The van der Waals surface area contributed by atoms with Crippen molar-refractivity contribution in [1.29, 1.82) is 0 Å². The van der Waals surface area contributed by atoms with E-state index in [0.29, 0.717) is 6.54 Å². The molecular weight excluding hydrogens is 371 g/mol. The highest BCUT2D eigenvalue weighted by molar-refractivity contribution is 5.85. The van der Waals surface area contributed by atoms with Crippen molar-refractivity contribution in [2.24, 2.45) is 0 Å². The zero-order valence-electron chi connectivity index (χ0n) is 14.6. The minimum absolute atomic E-state index is 0. The second-order valence-corrected chi connectivity index (χ2v) is 5.94. The first-order valence-corrected chi connectivity index (χ1v) is 8.13. The molecule has 1 heterocycles. The third-order valence-electron chi connectivity index (χ3n) is 4.29. The first kappa shape index (κ1) is 24.1. The molecule has 4 nitrogen and oxygen atoms in total. The van der Waals surface area contributed by atoms with E-state index >= 15 is 0 Å². The monoisotopic (exact) mass is 397 g/mol. The third kappa shape index (κ3) is 7.05. The zero-order valence-corrected chi connectivity index (χ0v) is 16.2. The fourth-order valence-electron chi connectivity index (χ4n) is 2.78. The molecule has 1 aliphatic heterocycles. The molecule has 0 radical (unpaired) electrons. The SMILES string of the molecule is CCN(CC)Cc1ccccc1CNC(=O)C1CC(F)(F)CN1.Cl.Cl. The van der Waals surface area contributed by atoms with E-state index in [4.69, 9.17) is 0 Å². The Morgan fingerprint density at radius 3 is 2.36 bits per heavy atom. The van der Waals surface area contributed by atoms with E-state index in [1.54, 1.807) is 0 Å². The molecule has 0 spiro atoms. The summed E-state index contributed by atoms with van der Waals surface area (Å²) < 4.78 is 26.3. The topological polar surface area (TPSA) is 44.4 Å². The molecule has 1 fully saturated rings. The summed E-state index contributed by atoms with van der Waals surface area (Å²) in [5.74, 6) is -3.15. The molecule has 1 unspecified atom stereocenters. The summed E-state index contributed by atoms with van der Waals surface area (Å²) in [5.41, 5.74) is 2.18. The fraction of sp³-hybridized carbons (Fsp3) is 0.588. The van der Waals surface area contributed by atoms with E-state index in [1.807, 2.05) is 24.3 Å². The van der Waals surface area contributed by atoms with Crippen LogP contribution in [0.3, 0.4) is 0 Å². The predicted octanol–water partition coefficient (Wildman–Crippen LogP) is 2.99. The third-order valence-corrected chi connectivity index (χ3v) is 4.29. The lowest BCUT2D eigenvalue weighted by Gasteiger charge is -2.20. The van der Waals surface area contributed by atoms with Crippen molar-refractivity contribution in [3.05, 3.63) is 35.4 Å². The summed E-state index contributed by atoms with van der Waals surface area (Å²) >= 11 is 0. The van der Waals surface area contributed by atoms with Gasteiger partial charge in [-0.05, 0) is 24.2 Å². The van der Waals surface area contributed by atoms with Crippen LogP contribution in [-0.4, -0.2) is 42.4 Å². The van der Waals surface area contributed by atoms with Gasteiger partial charge in [-0.1, -0.05) is 38.1 Å². The molecule has 0 aromatic heterocycles. The van der Waals surface area contributed by atoms with Crippen LogP contribution < -0.4 is 10.6 Å². The van der Waals surface area contributed by atoms with Crippen molar-refractivity contribution in [1.82, 2.24) is 15.5 Å². The van der Waals surface area contributed by atoms with Gasteiger partial charge < -0.3 is 5.32 Å². The lowest BCUT2D eigenvalue weighted by Crippen LogP contribution is -2.40. The highest BCUT2D eigenvalue weighted by Gasteiger charge is 2.42. The number of rotatable bonds is 7. The van der Waals surface area contributed by atoms with Gasteiger partial charge in [0.1, 0.15) is 0 Å². The van der Waals surface area contributed by atoms with Crippen LogP contribution in [0.1, 0.15) is 31.4 Å². The van der Waals surface area contributed by atoms with E-state index in [0.717, 1.165) is 30.8 Å². The quantitative estimate of drug-likeness (QED) is 0.743. The average molecular weight is 398 g/mol. The summed E-state index contributed by atoms with van der Waals surface area (Å²) in [6.45, 7) is 6.89. The van der Waals surface area contributed by atoms with E-state index < -0.39 is 24.9 Å². The molecule has 1 aromatic carbocycles. The van der Waals surface area contributed by atoms with Gasteiger partial charge in [0.2, 0.25) is 5.91 Å². The van der Waals surface area contributed by atoms with Crippen molar-refractivity contribution in [3.8, 4) is 0 Å². The Kier molecular flexibility index (Phi) is 10.5. The van der Waals surface area contributed by atoms with Crippen LogP contribution in [-0.2, 0) is 17.9 Å². The standard InChI is InChI=1S/C17H25F2N3O.2ClH/c1-3-22(4-2)11-14-8-6-5-7-13(14)10-20-16(23)15-9-17(18,19)12-21-15;;/h5-8,15,21H,3-4,9-12H2,1-2H3,(H,20,23);2*1H. The summed E-state index contributed by atoms with van der Waals surface area (Å²) in [7, 11) is 0. The molecule has 1 amide bonds. The van der Waals surface area contributed by atoms with Gasteiger partial charge in [0, 0.05) is 19.5 Å². The average Bonchev–Trinajstić information content (AvgIpc) is 2.91. The summed E-state index contributed by atoms with van der Waals surface area (Å²) in [4.78, 5) is 14.3. The maximum absolute atomic E-state index is 13.2. The smallest absolute Gasteiger partial charge is 0.262 e. The highest BCUT2D eigenvalue weighted by atomic mass is 35.5. The number of hydrogen-bond donors (Lipinski definition) is 2. The lowest BCUT2D eigenvalue weighted by molar-refractivity contribution is -0.123. The van der Waals surface area contributed by atoms with Gasteiger partial charge in [0.25, 0.3) is 5.92 Å². The maximum Gasteiger partial charge on any atom is 0.262 e. The first-order valence-electron chi connectivity index (χ1n) is 8.13. The lowest BCUT2D eigenvalue weighted by atomic mass is 10.1. The van der Waals surface area contributed by atoms with Crippen LogP contribution in [0.15, 0.2) is 24.3 Å². The number of carbonyl (C=O) groups excluding carboxylic acids is 1.